The predicted octanol–water partition coefficient (Wildman–Crippen LogP) is 3.44. The van der Waals surface area contributed by atoms with E-state index in [9.17, 15) is 4.79 Å². The molecule has 0 amide bonds. The Morgan fingerprint density at radius 2 is 1.63 bits per heavy atom. The quantitative estimate of drug-likeness (QED) is 0.676. The van der Waals surface area contributed by atoms with Crippen LogP contribution in [0.2, 0.25) is 0 Å². The highest BCUT2D eigenvalue weighted by atomic mass is 16.5. The lowest BCUT2D eigenvalue weighted by molar-refractivity contribution is 0.0525. The smallest absolute Gasteiger partial charge is 0.338 e. The molecule has 1 rings (SSSR count). The van der Waals surface area contributed by atoms with Gasteiger partial charge in [-0.3, -0.25) is 0 Å². The molecule has 1 aromatic carbocycles. The molecular weight excluding hydrogens is 244 g/mol. The van der Waals surface area contributed by atoms with Crippen LogP contribution in [0.3, 0.4) is 0 Å². The Hall–Kier alpha value is -1.71. The van der Waals surface area contributed by atoms with Crippen LogP contribution in [0.15, 0.2) is 18.2 Å². The minimum absolute atomic E-state index is 0.342. The average molecular weight is 266 g/mol. The van der Waals surface area contributed by atoms with E-state index in [1.54, 1.807) is 25.1 Å². The SMILES string of the molecule is CCCOc1ccc(C(=O)OCC)cc1OCCC. The topological polar surface area (TPSA) is 44.8 Å². The summed E-state index contributed by atoms with van der Waals surface area (Å²) in [6.45, 7) is 7.43. The molecule has 0 saturated heterocycles. The maximum atomic E-state index is 11.7. The third-order valence-electron chi connectivity index (χ3n) is 2.38. The molecule has 0 N–H and O–H groups in total. The lowest BCUT2D eigenvalue weighted by Gasteiger charge is -2.13. The van der Waals surface area contributed by atoms with Crippen molar-refractivity contribution >= 4 is 5.97 Å². The first-order chi connectivity index (χ1) is 9.22. The lowest BCUT2D eigenvalue weighted by Crippen LogP contribution is -2.07. The third kappa shape index (κ3) is 4.81. The molecule has 0 aliphatic rings. The van der Waals surface area contributed by atoms with Crippen molar-refractivity contribution in [1.82, 2.24) is 0 Å². The molecule has 19 heavy (non-hydrogen) atoms. The number of benzene rings is 1. The van der Waals surface area contributed by atoms with Gasteiger partial charge < -0.3 is 14.2 Å². The second-order valence-electron chi connectivity index (χ2n) is 4.08. The molecule has 0 radical (unpaired) electrons. The molecule has 4 nitrogen and oxygen atoms in total. The molecule has 4 heteroatoms. The molecule has 1 aromatic rings. The van der Waals surface area contributed by atoms with Crippen molar-refractivity contribution in [3.63, 3.8) is 0 Å². The minimum Gasteiger partial charge on any atom is -0.490 e. The highest BCUT2D eigenvalue weighted by Gasteiger charge is 2.12. The summed E-state index contributed by atoms with van der Waals surface area (Å²) in [6.07, 6.45) is 1.82. The average Bonchev–Trinajstić information content (AvgIpc) is 2.43. The molecular formula is C15H22O4. The van der Waals surface area contributed by atoms with Gasteiger partial charge in [-0.25, -0.2) is 4.79 Å². The van der Waals surface area contributed by atoms with Gasteiger partial charge in [-0.05, 0) is 38.0 Å². The zero-order valence-corrected chi connectivity index (χ0v) is 11.9. The summed E-state index contributed by atoms with van der Waals surface area (Å²) >= 11 is 0. The molecule has 106 valence electrons. The predicted molar refractivity (Wildman–Crippen MR) is 74.0 cm³/mol. The van der Waals surface area contributed by atoms with E-state index in [0.717, 1.165) is 12.8 Å². The van der Waals surface area contributed by atoms with E-state index in [4.69, 9.17) is 14.2 Å². The van der Waals surface area contributed by atoms with Gasteiger partial charge in [0, 0.05) is 0 Å². The molecule has 0 atom stereocenters. The van der Waals surface area contributed by atoms with Crippen molar-refractivity contribution < 1.29 is 19.0 Å². The van der Waals surface area contributed by atoms with Gasteiger partial charge in [-0.1, -0.05) is 13.8 Å². The van der Waals surface area contributed by atoms with Crippen LogP contribution in [0.5, 0.6) is 11.5 Å². The molecule has 0 saturated carbocycles. The molecule has 0 unspecified atom stereocenters. The van der Waals surface area contributed by atoms with E-state index in [1.807, 2.05) is 13.8 Å². The third-order valence-corrected chi connectivity index (χ3v) is 2.38. The van der Waals surface area contributed by atoms with Gasteiger partial charge in [0.1, 0.15) is 0 Å². The van der Waals surface area contributed by atoms with Crippen LogP contribution in [0.25, 0.3) is 0 Å². The maximum Gasteiger partial charge on any atom is 0.338 e. The largest absolute Gasteiger partial charge is 0.490 e. The number of carbonyl (C=O) groups is 1. The summed E-state index contributed by atoms with van der Waals surface area (Å²) in [5, 5.41) is 0. The number of esters is 1. The van der Waals surface area contributed by atoms with E-state index in [0.29, 0.717) is 36.9 Å². The summed E-state index contributed by atoms with van der Waals surface area (Å²) in [5.41, 5.74) is 0.483. The first-order valence-corrected chi connectivity index (χ1v) is 6.79. The Kier molecular flexibility index (Phi) is 6.79. The van der Waals surface area contributed by atoms with E-state index in [2.05, 4.69) is 0 Å². The van der Waals surface area contributed by atoms with Gasteiger partial charge in [0.05, 0.1) is 25.4 Å². The van der Waals surface area contributed by atoms with E-state index >= 15 is 0 Å². The Morgan fingerprint density at radius 1 is 1.00 bits per heavy atom. The van der Waals surface area contributed by atoms with Crippen LogP contribution < -0.4 is 9.47 Å². The Bertz CT molecular complexity index is 401. The fraction of sp³-hybridized carbons (Fsp3) is 0.533. The van der Waals surface area contributed by atoms with Gasteiger partial charge in [-0.15, -0.1) is 0 Å². The van der Waals surface area contributed by atoms with E-state index < -0.39 is 0 Å². The van der Waals surface area contributed by atoms with Crippen molar-refractivity contribution in [3.05, 3.63) is 23.8 Å². The van der Waals surface area contributed by atoms with Crippen LogP contribution in [0.4, 0.5) is 0 Å². The first kappa shape index (κ1) is 15.3. The van der Waals surface area contributed by atoms with Crippen molar-refractivity contribution in [2.75, 3.05) is 19.8 Å². The maximum absolute atomic E-state index is 11.7. The van der Waals surface area contributed by atoms with Gasteiger partial charge >= 0.3 is 5.97 Å². The fourth-order valence-corrected chi connectivity index (χ4v) is 1.51. The fourth-order valence-electron chi connectivity index (χ4n) is 1.51. The van der Waals surface area contributed by atoms with Gasteiger partial charge in [0.25, 0.3) is 0 Å². The number of carbonyl (C=O) groups excluding carboxylic acids is 1. The Morgan fingerprint density at radius 3 is 2.21 bits per heavy atom. The molecule has 0 bridgehead atoms. The standard InChI is InChI=1S/C15H22O4/c1-4-9-18-13-8-7-12(15(16)17-6-3)11-14(13)19-10-5-2/h7-8,11H,4-6,9-10H2,1-3H3. The van der Waals surface area contributed by atoms with E-state index in [1.165, 1.54) is 0 Å². The van der Waals surface area contributed by atoms with Crippen molar-refractivity contribution in [2.45, 2.75) is 33.6 Å². The van der Waals surface area contributed by atoms with E-state index in [-0.39, 0.29) is 5.97 Å². The summed E-state index contributed by atoms with van der Waals surface area (Å²) < 4.78 is 16.2. The van der Waals surface area contributed by atoms with Crippen LogP contribution in [0, 0.1) is 0 Å². The molecule has 0 aromatic heterocycles. The van der Waals surface area contributed by atoms with Crippen molar-refractivity contribution in [2.24, 2.45) is 0 Å². The number of hydrogen-bond acceptors (Lipinski definition) is 4. The number of ether oxygens (including phenoxy) is 3. The zero-order chi connectivity index (χ0) is 14.1. The number of hydrogen-bond donors (Lipinski definition) is 0. The summed E-state index contributed by atoms with van der Waals surface area (Å²) in [4.78, 5) is 11.7. The Balaban J connectivity index is 2.89. The highest BCUT2D eigenvalue weighted by molar-refractivity contribution is 5.90. The van der Waals surface area contributed by atoms with Gasteiger partial charge in [0.2, 0.25) is 0 Å². The minimum atomic E-state index is -0.342. The molecule has 0 spiro atoms. The van der Waals surface area contributed by atoms with Crippen LogP contribution in [-0.4, -0.2) is 25.8 Å². The molecule has 0 aliphatic carbocycles. The lowest BCUT2D eigenvalue weighted by atomic mass is 10.2. The highest BCUT2D eigenvalue weighted by Crippen LogP contribution is 2.29. The summed E-state index contributed by atoms with van der Waals surface area (Å²) in [6, 6.07) is 5.13. The molecule has 0 fully saturated rings. The zero-order valence-electron chi connectivity index (χ0n) is 11.9. The van der Waals surface area contributed by atoms with Crippen molar-refractivity contribution in [1.29, 1.82) is 0 Å². The van der Waals surface area contributed by atoms with Crippen molar-refractivity contribution in [3.8, 4) is 11.5 Å². The Labute approximate surface area is 114 Å². The summed E-state index contributed by atoms with van der Waals surface area (Å²) in [7, 11) is 0. The monoisotopic (exact) mass is 266 g/mol. The second kappa shape index (κ2) is 8.40. The van der Waals surface area contributed by atoms with Crippen LogP contribution >= 0.6 is 0 Å². The molecule has 0 heterocycles. The van der Waals surface area contributed by atoms with Gasteiger partial charge in [-0.2, -0.15) is 0 Å². The number of rotatable bonds is 8. The second-order valence-corrected chi connectivity index (χ2v) is 4.08. The first-order valence-electron chi connectivity index (χ1n) is 6.79. The summed E-state index contributed by atoms with van der Waals surface area (Å²) in [5.74, 6) is 0.926. The molecule has 0 aliphatic heterocycles. The van der Waals surface area contributed by atoms with Gasteiger partial charge in [0.15, 0.2) is 11.5 Å². The van der Waals surface area contributed by atoms with Crippen LogP contribution in [-0.2, 0) is 4.74 Å². The van der Waals surface area contributed by atoms with Crippen LogP contribution in [0.1, 0.15) is 44.0 Å². The normalized spacial score (nSPS) is 10.1.